The number of anilines is 2. The van der Waals surface area contributed by atoms with Gasteiger partial charge in [0.05, 0.1) is 0 Å². The smallest absolute Gasteiger partial charge is 0.130 e. The van der Waals surface area contributed by atoms with E-state index in [0.29, 0.717) is 0 Å². The summed E-state index contributed by atoms with van der Waals surface area (Å²) in [4.78, 5) is 4.42. The highest BCUT2D eigenvalue weighted by molar-refractivity contribution is 5.56. The molecule has 2 rings (SSSR count). The molecule has 0 radical (unpaired) electrons. The lowest BCUT2D eigenvalue weighted by Crippen LogP contribution is -1.95. The Morgan fingerprint density at radius 2 is 1.73 bits per heavy atom. The van der Waals surface area contributed by atoms with Crippen LogP contribution in [0.3, 0.4) is 0 Å². The minimum atomic E-state index is 0.902. The number of para-hydroxylation sites is 1. The third-order valence-electron chi connectivity index (χ3n) is 2.14. The summed E-state index contributed by atoms with van der Waals surface area (Å²) in [5.41, 5.74) is 3.32. The molecule has 1 heterocycles. The molecule has 0 aliphatic heterocycles. The zero-order chi connectivity index (χ0) is 10.7. The van der Waals surface area contributed by atoms with E-state index in [2.05, 4.69) is 23.3 Å². The highest BCUT2D eigenvalue weighted by Crippen LogP contribution is 2.15. The van der Waals surface area contributed by atoms with Gasteiger partial charge in [-0.1, -0.05) is 18.2 Å². The van der Waals surface area contributed by atoms with Crippen molar-refractivity contribution in [2.75, 3.05) is 5.32 Å². The van der Waals surface area contributed by atoms with Crippen molar-refractivity contribution in [1.82, 2.24) is 4.98 Å². The van der Waals surface area contributed by atoms with Crippen LogP contribution in [0.5, 0.6) is 0 Å². The standard InChI is InChI=1S/C13H14N2/c1-10-8-11(2)14-13(9-10)15-12-6-4-3-5-7-12/h3-9H,1-2H3,(H,14,15). The average Bonchev–Trinajstić information content (AvgIpc) is 2.17. The van der Waals surface area contributed by atoms with Gasteiger partial charge in [-0.2, -0.15) is 0 Å². The van der Waals surface area contributed by atoms with Gasteiger partial charge in [0.1, 0.15) is 5.82 Å². The fourth-order valence-electron chi connectivity index (χ4n) is 1.57. The third-order valence-corrected chi connectivity index (χ3v) is 2.14. The van der Waals surface area contributed by atoms with E-state index < -0.39 is 0 Å². The Balaban J connectivity index is 2.25. The van der Waals surface area contributed by atoms with E-state index in [1.165, 1.54) is 5.56 Å². The third kappa shape index (κ3) is 2.56. The van der Waals surface area contributed by atoms with E-state index in [4.69, 9.17) is 0 Å². The first-order valence-corrected chi connectivity index (χ1v) is 5.01. The van der Waals surface area contributed by atoms with Crippen LogP contribution in [0.1, 0.15) is 11.3 Å². The monoisotopic (exact) mass is 198 g/mol. The quantitative estimate of drug-likeness (QED) is 0.799. The molecule has 0 spiro atoms. The highest BCUT2D eigenvalue weighted by Gasteiger charge is 1.97. The summed E-state index contributed by atoms with van der Waals surface area (Å²) in [6, 6.07) is 14.2. The predicted molar refractivity (Wildman–Crippen MR) is 63.4 cm³/mol. The van der Waals surface area contributed by atoms with Crippen LogP contribution in [0.2, 0.25) is 0 Å². The molecule has 0 saturated carbocycles. The second-order valence-corrected chi connectivity index (χ2v) is 3.66. The fourth-order valence-corrected chi connectivity index (χ4v) is 1.57. The van der Waals surface area contributed by atoms with Crippen molar-refractivity contribution in [2.45, 2.75) is 13.8 Å². The fraction of sp³-hybridized carbons (Fsp3) is 0.154. The molecule has 0 amide bonds. The van der Waals surface area contributed by atoms with E-state index >= 15 is 0 Å². The molecule has 2 aromatic rings. The van der Waals surface area contributed by atoms with Gasteiger partial charge in [-0.25, -0.2) is 4.98 Å². The van der Waals surface area contributed by atoms with Crippen LogP contribution in [0.15, 0.2) is 42.5 Å². The SMILES string of the molecule is Cc1cc(C)nc(Nc2ccccc2)c1. The zero-order valence-electron chi connectivity index (χ0n) is 8.99. The van der Waals surface area contributed by atoms with Crippen molar-refractivity contribution in [3.8, 4) is 0 Å². The van der Waals surface area contributed by atoms with E-state index in [1.807, 2.05) is 43.3 Å². The van der Waals surface area contributed by atoms with Crippen molar-refractivity contribution < 1.29 is 0 Å². The maximum Gasteiger partial charge on any atom is 0.130 e. The molecule has 2 heteroatoms. The summed E-state index contributed by atoms with van der Waals surface area (Å²) in [6.45, 7) is 4.08. The summed E-state index contributed by atoms with van der Waals surface area (Å²) < 4.78 is 0. The second kappa shape index (κ2) is 4.13. The number of nitrogens with one attached hydrogen (secondary N) is 1. The Morgan fingerprint density at radius 1 is 1.00 bits per heavy atom. The van der Waals surface area contributed by atoms with Crippen LogP contribution in [0.4, 0.5) is 11.5 Å². The van der Waals surface area contributed by atoms with Crippen molar-refractivity contribution in [3.05, 3.63) is 53.7 Å². The molecule has 0 saturated heterocycles. The second-order valence-electron chi connectivity index (χ2n) is 3.66. The van der Waals surface area contributed by atoms with Crippen molar-refractivity contribution >= 4 is 11.5 Å². The van der Waals surface area contributed by atoms with Gasteiger partial charge in [-0.05, 0) is 43.7 Å². The minimum absolute atomic E-state index is 0.902. The number of pyridine rings is 1. The summed E-state index contributed by atoms with van der Waals surface area (Å²) in [7, 11) is 0. The summed E-state index contributed by atoms with van der Waals surface area (Å²) in [5.74, 6) is 0.902. The predicted octanol–water partition coefficient (Wildman–Crippen LogP) is 3.44. The average molecular weight is 198 g/mol. The number of aryl methyl sites for hydroxylation is 2. The Bertz CT molecular complexity index is 429. The molecule has 0 aliphatic carbocycles. The first-order chi connectivity index (χ1) is 7.24. The molecule has 0 bridgehead atoms. The number of nitrogens with zero attached hydrogens (tertiary/aromatic N) is 1. The highest BCUT2D eigenvalue weighted by atomic mass is 15.0. The van der Waals surface area contributed by atoms with Crippen LogP contribution in [-0.4, -0.2) is 4.98 Å². The number of benzene rings is 1. The Morgan fingerprint density at radius 3 is 2.40 bits per heavy atom. The van der Waals surface area contributed by atoms with E-state index in [1.54, 1.807) is 0 Å². The molecule has 1 N–H and O–H groups in total. The van der Waals surface area contributed by atoms with Crippen LogP contribution >= 0.6 is 0 Å². The normalized spacial score (nSPS) is 10.0. The Labute approximate surface area is 90.0 Å². The van der Waals surface area contributed by atoms with Crippen molar-refractivity contribution in [2.24, 2.45) is 0 Å². The number of hydrogen-bond donors (Lipinski definition) is 1. The van der Waals surface area contributed by atoms with Gasteiger partial charge in [-0.3, -0.25) is 0 Å². The topological polar surface area (TPSA) is 24.9 Å². The summed E-state index contributed by atoms with van der Waals surface area (Å²) >= 11 is 0. The van der Waals surface area contributed by atoms with Gasteiger partial charge in [0.2, 0.25) is 0 Å². The zero-order valence-corrected chi connectivity index (χ0v) is 8.99. The van der Waals surface area contributed by atoms with Crippen LogP contribution in [0, 0.1) is 13.8 Å². The molecular formula is C13H14N2. The molecule has 15 heavy (non-hydrogen) atoms. The maximum atomic E-state index is 4.42. The van der Waals surface area contributed by atoms with Crippen LogP contribution in [-0.2, 0) is 0 Å². The van der Waals surface area contributed by atoms with Crippen LogP contribution in [0.25, 0.3) is 0 Å². The van der Waals surface area contributed by atoms with Gasteiger partial charge < -0.3 is 5.32 Å². The van der Waals surface area contributed by atoms with Gasteiger partial charge in [0.15, 0.2) is 0 Å². The number of hydrogen-bond acceptors (Lipinski definition) is 2. The summed E-state index contributed by atoms with van der Waals surface area (Å²) in [6.07, 6.45) is 0. The molecule has 0 aliphatic rings. The first-order valence-electron chi connectivity index (χ1n) is 5.01. The molecule has 0 atom stereocenters. The van der Waals surface area contributed by atoms with Gasteiger partial charge >= 0.3 is 0 Å². The van der Waals surface area contributed by atoms with Crippen molar-refractivity contribution in [1.29, 1.82) is 0 Å². The molecule has 0 unspecified atom stereocenters. The molecular weight excluding hydrogens is 184 g/mol. The van der Waals surface area contributed by atoms with E-state index in [9.17, 15) is 0 Å². The number of rotatable bonds is 2. The van der Waals surface area contributed by atoms with E-state index in [0.717, 1.165) is 17.2 Å². The van der Waals surface area contributed by atoms with Crippen molar-refractivity contribution in [3.63, 3.8) is 0 Å². The lowest BCUT2D eigenvalue weighted by molar-refractivity contribution is 1.18. The van der Waals surface area contributed by atoms with Gasteiger partial charge in [0.25, 0.3) is 0 Å². The maximum absolute atomic E-state index is 4.42. The first kappa shape index (κ1) is 9.71. The van der Waals surface area contributed by atoms with Gasteiger partial charge in [0, 0.05) is 11.4 Å². The largest absolute Gasteiger partial charge is 0.340 e. The molecule has 1 aromatic carbocycles. The van der Waals surface area contributed by atoms with Gasteiger partial charge in [-0.15, -0.1) is 0 Å². The molecule has 76 valence electrons. The molecule has 1 aromatic heterocycles. The molecule has 0 fully saturated rings. The Hall–Kier alpha value is -1.83. The number of aromatic nitrogens is 1. The molecule has 2 nitrogen and oxygen atoms in total. The lowest BCUT2D eigenvalue weighted by Gasteiger charge is -2.07. The van der Waals surface area contributed by atoms with Crippen LogP contribution < -0.4 is 5.32 Å². The Kier molecular flexibility index (Phi) is 2.68. The minimum Gasteiger partial charge on any atom is -0.340 e. The lowest BCUT2D eigenvalue weighted by atomic mass is 10.2. The van der Waals surface area contributed by atoms with E-state index in [-0.39, 0.29) is 0 Å². The summed E-state index contributed by atoms with van der Waals surface area (Å²) in [5, 5.41) is 3.27.